The van der Waals surface area contributed by atoms with E-state index in [0.29, 0.717) is 10.8 Å². The molecule has 0 radical (unpaired) electrons. The topological polar surface area (TPSA) is 17.1 Å². The van der Waals surface area contributed by atoms with E-state index in [1.807, 2.05) is 0 Å². The van der Waals surface area contributed by atoms with E-state index in [4.69, 9.17) is 0 Å². The Bertz CT molecular complexity index is 520. The number of carbonyl (C=O) groups is 1. The minimum Gasteiger partial charge on any atom is -0.303 e. The Morgan fingerprint density at radius 1 is 1.09 bits per heavy atom. The molecule has 0 aromatic rings. The molecule has 128 valence electrons. The van der Waals surface area contributed by atoms with Gasteiger partial charge in [0, 0.05) is 5.92 Å². The zero-order valence-corrected chi connectivity index (χ0v) is 15.3. The van der Waals surface area contributed by atoms with Crippen molar-refractivity contribution in [1.29, 1.82) is 0 Å². The second-order valence-electron chi connectivity index (χ2n) is 9.59. The second-order valence-corrected chi connectivity index (χ2v) is 9.59. The van der Waals surface area contributed by atoms with E-state index < -0.39 is 0 Å². The fourth-order valence-corrected chi connectivity index (χ4v) is 7.64. The predicted molar refractivity (Wildman–Crippen MR) is 95.0 cm³/mol. The van der Waals surface area contributed by atoms with Crippen LogP contribution < -0.4 is 0 Å². The lowest BCUT2D eigenvalue weighted by Crippen LogP contribution is -2.50. The summed E-state index contributed by atoms with van der Waals surface area (Å²) in [6.07, 6.45) is 15.8. The van der Waals surface area contributed by atoms with Crippen LogP contribution in [-0.2, 0) is 4.79 Å². The van der Waals surface area contributed by atoms with Gasteiger partial charge in [-0.1, -0.05) is 38.8 Å². The van der Waals surface area contributed by atoms with Crippen LogP contribution in [0.4, 0.5) is 0 Å². The zero-order valence-electron chi connectivity index (χ0n) is 15.3. The van der Waals surface area contributed by atoms with E-state index in [1.54, 1.807) is 5.57 Å². The van der Waals surface area contributed by atoms with Crippen LogP contribution in [0.1, 0.15) is 78.6 Å². The van der Waals surface area contributed by atoms with E-state index in [0.717, 1.165) is 30.1 Å². The van der Waals surface area contributed by atoms with Crippen molar-refractivity contribution < 1.29 is 4.79 Å². The molecule has 0 N–H and O–H groups in total. The van der Waals surface area contributed by atoms with Crippen LogP contribution in [0.3, 0.4) is 0 Å². The summed E-state index contributed by atoms with van der Waals surface area (Å²) in [6, 6.07) is 0. The molecular weight excluding hydrogens is 280 g/mol. The molecule has 4 aliphatic rings. The number of hydrogen-bond donors (Lipinski definition) is 0. The van der Waals surface area contributed by atoms with Crippen LogP contribution in [0.5, 0.6) is 0 Å². The number of hydrogen-bond acceptors (Lipinski definition) is 1. The summed E-state index contributed by atoms with van der Waals surface area (Å²) in [6.45, 7) is 7.59. The van der Waals surface area contributed by atoms with Crippen molar-refractivity contribution in [1.82, 2.24) is 0 Å². The summed E-state index contributed by atoms with van der Waals surface area (Å²) in [5, 5.41) is 0. The molecule has 0 spiro atoms. The molecule has 7 atom stereocenters. The average molecular weight is 315 g/mol. The first-order valence-electron chi connectivity index (χ1n) is 10.2. The molecule has 4 rings (SSSR count). The minimum absolute atomic E-state index is 0.208. The van der Waals surface area contributed by atoms with Gasteiger partial charge in [0.05, 0.1) is 0 Å². The number of aldehydes is 1. The van der Waals surface area contributed by atoms with E-state index in [2.05, 4.69) is 26.8 Å². The molecule has 0 amide bonds. The van der Waals surface area contributed by atoms with Gasteiger partial charge in [0.1, 0.15) is 6.29 Å². The van der Waals surface area contributed by atoms with Gasteiger partial charge in [-0.3, -0.25) is 0 Å². The van der Waals surface area contributed by atoms with Gasteiger partial charge in [-0.15, -0.1) is 0 Å². The Morgan fingerprint density at radius 3 is 2.65 bits per heavy atom. The van der Waals surface area contributed by atoms with Gasteiger partial charge >= 0.3 is 0 Å². The Labute approximate surface area is 142 Å². The molecule has 0 saturated heterocycles. The highest BCUT2D eigenvalue weighted by atomic mass is 16.1. The van der Waals surface area contributed by atoms with E-state index in [9.17, 15) is 4.79 Å². The third kappa shape index (κ3) is 2.14. The maximum Gasteiger partial charge on any atom is 0.126 e. The number of fused-ring (bicyclic) bond motifs is 5. The average Bonchev–Trinajstić information content (AvgIpc) is 2.90. The third-order valence-electron chi connectivity index (χ3n) is 9.01. The molecule has 4 aliphatic carbocycles. The lowest BCUT2D eigenvalue weighted by Gasteiger charge is -2.58. The molecule has 1 heteroatoms. The Kier molecular flexibility index (Phi) is 3.78. The van der Waals surface area contributed by atoms with Gasteiger partial charge in [-0.05, 0) is 85.9 Å². The maximum absolute atomic E-state index is 11.2. The molecular formula is C22H34O. The van der Waals surface area contributed by atoms with E-state index in [-0.39, 0.29) is 5.92 Å². The van der Waals surface area contributed by atoms with E-state index in [1.165, 1.54) is 57.7 Å². The molecule has 0 aromatic heterocycles. The van der Waals surface area contributed by atoms with Crippen molar-refractivity contribution in [3.8, 4) is 0 Å². The molecule has 3 fully saturated rings. The summed E-state index contributed by atoms with van der Waals surface area (Å²) in [4.78, 5) is 11.2. The normalized spacial score (nSPS) is 52.1. The lowest BCUT2D eigenvalue weighted by molar-refractivity contribution is -0.111. The lowest BCUT2D eigenvalue weighted by atomic mass is 9.46. The van der Waals surface area contributed by atoms with Crippen molar-refractivity contribution in [3.63, 3.8) is 0 Å². The van der Waals surface area contributed by atoms with Gasteiger partial charge in [-0.25, -0.2) is 0 Å². The molecule has 3 saturated carbocycles. The SMILES string of the molecule is CC[C@H]1CC[C@H]2[C@@H]3CCC4=CC(C=O)CC[C@]4(C)[C@H]3CC[C@]12C. The van der Waals surface area contributed by atoms with Crippen molar-refractivity contribution in [2.45, 2.75) is 78.6 Å². The molecule has 0 aromatic carbocycles. The predicted octanol–water partition coefficient (Wildman–Crippen LogP) is 5.79. The summed E-state index contributed by atoms with van der Waals surface area (Å²) in [5.74, 6) is 4.01. The van der Waals surface area contributed by atoms with Crippen molar-refractivity contribution in [2.75, 3.05) is 0 Å². The third-order valence-corrected chi connectivity index (χ3v) is 9.01. The summed E-state index contributed by atoms with van der Waals surface area (Å²) in [5.41, 5.74) is 2.69. The minimum atomic E-state index is 0.208. The molecule has 1 nitrogen and oxygen atoms in total. The first kappa shape index (κ1) is 15.9. The molecule has 0 bridgehead atoms. The first-order chi connectivity index (χ1) is 11.0. The smallest absolute Gasteiger partial charge is 0.126 e. The number of rotatable bonds is 2. The molecule has 0 aliphatic heterocycles. The monoisotopic (exact) mass is 314 g/mol. The summed E-state index contributed by atoms with van der Waals surface area (Å²) >= 11 is 0. The Morgan fingerprint density at radius 2 is 1.91 bits per heavy atom. The quantitative estimate of drug-likeness (QED) is 0.465. The largest absolute Gasteiger partial charge is 0.303 e. The van der Waals surface area contributed by atoms with Gasteiger partial charge in [0.15, 0.2) is 0 Å². The standard InChI is InChI=1S/C22H34O/c1-4-16-6-8-19-18-7-5-17-13-15(14-23)9-11-22(17,3)20(18)10-12-21(16,19)2/h13-16,18-20H,4-12H2,1-3H3/t15?,16-,18-,19-,20-,21+,22-/m0/s1. The van der Waals surface area contributed by atoms with Gasteiger partial charge in [0.25, 0.3) is 0 Å². The fraction of sp³-hybridized carbons (Fsp3) is 0.864. The highest BCUT2D eigenvalue weighted by Crippen LogP contribution is 2.67. The van der Waals surface area contributed by atoms with Gasteiger partial charge in [-0.2, -0.15) is 0 Å². The Balaban J connectivity index is 1.64. The van der Waals surface area contributed by atoms with Gasteiger partial charge < -0.3 is 4.79 Å². The zero-order chi connectivity index (χ0) is 16.2. The highest BCUT2D eigenvalue weighted by molar-refractivity contribution is 5.58. The van der Waals surface area contributed by atoms with Crippen LogP contribution >= 0.6 is 0 Å². The van der Waals surface area contributed by atoms with Crippen LogP contribution in [0.2, 0.25) is 0 Å². The summed E-state index contributed by atoms with van der Waals surface area (Å²) in [7, 11) is 0. The van der Waals surface area contributed by atoms with Crippen molar-refractivity contribution in [2.24, 2.45) is 40.4 Å². The molecule has 1 unspecified atom stereocenters. The first-order valence-corrected chi connectivity index (χ1v) is 10.2. The van der Waals surface area contributed by atoms with Crippen LogP contribution in [0, 0.1) is 40.4 Å². The van der Waals surface area contributed by atoms with Crippen molar-refractivity contribution >= 4 is 6.29 Å². The van der Waals surface area contributed by atoms with Gasteiger partial charge in [0.2, 0.25) is 0 Å². The van der Waals surface area contributed by atoms with Crippen LogP contribution in [0.25, 0.3) is 0 Å². The highest BCUT2D eigenvalue weighted by Gasteiger charge is 2.58. The molecule has 0 heterocycles. The van der Waals surface area contributed by atoms with Crippen molar-refractivity contribution in [3.05, 3.63) is 11.6 Å². The number of carbonyl (C=O) groups excluding carboxylic acids is 1. The second kappa shape index (κ2) is 5.46. The van der Waals surface area contributed by atoms with Crippen LogP contribution in [-0.4, -0.2) is 6.29 Å². The number of allylic oxidation sites excluding steroid dienone is 2. The Hall–Kier alpha value is -0.590. The molecule has 23 heavy (non-hydrogen) atoms. The van der Waals surface area contributed by atoms with Crippen LogP contribution in [0.15, 0.2) is 11.6 Å². The maximum atomic E-state index is 11.2. The van der Waals surface area contributed by atoms with E-state index >= 15 is 0 Å². The fourth-order valence-electron chi connectivity index (χ4n) is 7.64. The summed E-state index contributed by atoms with van der Waals surface area (Å²) < 4.78 is 0.